The summed E-state index contributed by atoms with van der Waals surface area (Å²) in [5.41, 5.74) is 2.83. The molecule has 0 bridgehead atoms. The van der Waals surface area contributed by atoms with Gasteiger partial charge in [0, 0.05) is 0 Å². The first kappa shape index (κ1) is 20.8. The molecular formula is C22H18O8. The second-order valence-electron chi connectivity index (χ2n) is 6.18. The molecular weight excluding hydrogens is 392 g/mol. The van der Waals surface area contributed by atoms with Gasteiger partial charge in [0.1, 0.15) is 0 Å². The average molecular weight is 410 g/mol. The molecule has 0 heterocycles. The summed E-state index contributed by atoms with van der Waals surface area (Å²) in [6, 6.07) is 16.2. The summed E-state index contributed by atoms with van der Waals surface area (Å²) in [4.78, 5) is 42.0. The highest BCUT2D eigenvalue weighted by Gasteiger charge is 2.12. The van der Waals surface area contributed by atoms with Crippen LogP contribution < -0.4 is 9.78 Å². The van der Waals surface area contributed by atoms with E-state index in [1.807, 2.05) is 0 Å². The van der Waals surface area contributed by atoms with Crippen LogP contribution >= 0.6 is 0 Å². The van der Waals surface area contributed by atoms with Gasteiger partial charge in [0.05, 0.1) is 25.3 Å². The number of carboxylic acid groups (broad SMARTS) is 2. The summed E-state index contributed by atoms with van der Waals surface area (Å²) in [6.07, 6.45) is 0. The molecule has 0 aliphatic rings. The van der Waals surface area contributed by atoms with Gasteiger partial charge in [0.15, 0.2) is 11.5 Å². The Morgan fingerprint density at radius 1 is 0.600 bits per heavy atom. The minimum absolute atomic E-state index is 0.0548. The van der Waals surface area contributed by atoms with Crippen molar-refractivity contribution in [2.24, 2.45) is 0 Å². The molecule has 0 aromatic heterocycles. The maximum atomic E-state index is 11.4. The van der Waals surface area contributed by atoms with Crippen LogP contribution in [0.3, 0.4) is 0 Å². The number of rotatable bonds is 8. The maximum absolute atomic E-state index is 11.4. The third kappa shape index (κ3) is 4.75. The topological polar surface area (TPSA) is 112 Å². The molecule has 0 fully saturated rings. The van der Waals surface area contributed by atoms with Crippen molar-refractivity contribution in [1.82, 2.24) is 0 Å². The normalized spacial score (nSPS) is 10.5. The maximum Gasteiger partial charge on any atom is 0.335 e. The van der Waals surface area contributed by atoms with E-state index in [-0.39, 0.29) is 22.6 Å². The van der Waals surface area contributed by atoms with Gasteiger partial charge < -0.3 is 20.0 Å². The predicted molar refractivity (Wildman–Crippen MR) is 107 cm³/mol. The van der Waals surface area contributed by atoms with Crippen molar-refractivity contribution < 1.29 is 39.4 Å². The zero-order valence-corrected chi connectivity index (χ0v) is 16.1. The van der Waals surface area contributed by atoms with Crippen LogP contribution in [0.25, 0.3) is 22.3 Å². The van der Waals surface area contributed by atoms with E-state index in [1.165, 1.54) is 38.5 Å². The smallest absolute Gasteiger partial charge is 0.335 e. The van der Waals surface area contributed by atoms with E-state index in [4.69, 9.17) is 9.78 Å². The Hall–Kier alpha value is -3.88. The van der Waals surface area contributed by atoms with Crippen molar-refractivity contribution >= 4 is 11.9 Å². The van der Waals surface area contributed by atoms with E-state index in [0.29, 0.717) is 11.1 Å². The first-order valence-corrected chi connectivity index (χ1v) is 8.70. The van der Waals surface area contributed by atoms with E-state index in [9.17, 15) is 19.8 Å². The van der Waals surface area contributed by atoms with Crippen LogP contribution in [0.1, 0.15) is 20.7 Å². The predicted octanol–water partition coefficient (Wildman–Crippen LogP) is 4.30. The van der Waals surface area contributed by atoms with E-state index < -0.39 is 11.9 Å². The lowest BCUT2D eigenvalue weighted by molar-refractivity contribution is -0.178. The van der Waals surface area contributed by atoms with E-state index in [1.54, 1.807) is 36.4 Å². The van der Waals surface area contributed by atoms with Gasteiger partial charge in [-0.1, -0.05) is 24.3 Å². The first-order chi connectivity index (χ1) is 14.4. The molecule has 0 saturated heterocycles. The second kappa shape index (κ2) is 9.08. The van der Waals surface area contributed by atoms with E-state index in [2.05, 4.69) is 9.78 Å². The number of carbonyl (C=O) groups is 2. The average Bonchev–Trinajstić information content (AvgIpc) is 2.74. The molecule has 0 spiro atoms. The van der Waals surface area contributed by atoms with Crippen LogP contribution in [0, 0.1) is 0 Å². The van der Waals surface area contributed by atoms with Crippen molar-refractivity contribution in [2.45, 2.75) is 0 Å². The summed E-state index contributed by atoms with van der Waals surface area (Å²) >= 11 is 0. The van der Waals surface area contributed by atoms with E-state index in [0.717, 1.165) is 11.1 Å². The number of aromatic carboxylic acids is 2. The minimum atomic E-state index is -1.09. The van der Waals surface area contributed by atoms with Crippen molar-refractivity contribution in [2.75, 3.05) is 14.2 Å². The summed E-state index contributed by atoms with van der Waals surface area (Å²) in [5.74, 6) is -1.67. The summed E-state index contributed by atoms with van der Waals surface area (Å²) in [5, 5.41) is 18.6. The Kier molecular flexibility index (Phi) is 6.31. The Morgan fingerprint density at radius 3 is 1.27 bits per heavy atom. The van der Waals surface area contributed by atoms with Gasteiger partial charge in [-0.15, -0.1) is 0 Å². The van der Waals surface area contributed by atoms with Crippen LogP contribution in [0.5, 0.6) is 11.5 Å². The monoisotopic (exact) mass is 410 g/mol. The second-order valence-corrected chi connectivity index (χ2v) is 6.18. The molecule has 0 aliphatic heterocycles. The lowest BCUT2D eigenvalue weighted by Gasteiger charge is -2.10. The molecule has 2 N–H and O–H groups in total. The molecule has 154 valence electrons. The van der Waals surface area contributed by atoms with Crippen LogP contribution in [0.15, 0.2) is 60.7 Å². The van der Waals surface area contributed by atoms with Gasteiger partial charge in [-0.25, -0.2) is 9.59 Å². The molecule has 3 aromatic carbocycles. The zero-order valence-electron chi connectivity index (χ0n) is 16.1. The summed E-state index contributed by atoms with van der Waals surface area (Å²) < 4.78 is 0. The van der Waals surface area contributed by atoms with E-state index >= 15 is 0 Å². The molecule has 3 rings (SSSR count). The van der Waals surface area contributed by atoms with Crippen molar-refractivity contribution in [3.05, 3.63) is 71.8 Å². The van der Waals surface area contributed by atoms with Crippen LogP contribution in [-0.2, 0) is 9.78 Å². The number of hydrogen-bond donors (Lipinski definition) is 2. The van der Waals surface area contributed by atoms with Gasteiger partial charge >= 0.3 is 11.9 Å². The third-order valence-corrected chi connectivity index (χ3v) is 4.22. The fraction of sp³-hybridized carbons (Fsp3) is 0.0909. The molecule has 8 nitrogen and oxygen atoms in total. The lowest BCUT2D eigenvalue weighted by atomic mass is 9.98. The van der Waals surface area contributed by atoms with Gasteiger partial charge in [0.2, 0.25) is 0 Å². The quantitative estimate of drug-likeness (QED) is 0.418. The Morgan fingerprint density at radius 2 is 0.967 bits per heavy atom. The first-order valence-electron chi connectivity index (χ1n) is 8.70. The molecule has 8 heteroatoms. The number of benzene rings is 3. The lowest BCUT2D eigenvalue weighted by Crippen LogP contribution is -1.99. The fourth-order valence-corrected chi connectivity index (χ4v) is 2.92. The molecule has 0 unspecified atom stereocenters. The number of carboxylic acids is 2. The molecule has 30 heavy (non-hydrogen) atoms. The van der Waals surface area contributed by atoms with Gasteiger partial charge in [0.25, 0.3) is 0 Å². The Balaban J connectivity index is 1.99. The standard InChI is InChI=1S/C22H18O8/c1-27-29-19-9-15(7-17(11-19)21(23)24)13-3-5-14(6-4-13)16-8-18(22(25)26)12-20(10-16)30-28-2/h3-12H,1-2H3,(H,23,24)(H,25,26). The van der Waals surface area contributed by atoms with Gasteiger partial charge in [-0.3, -0.25) is 0 Å². The number of hydrogen-bond acceptors (Lipinski definition) is 6. The van der Waals surface area contributed by atoms with Gasteiger partial charge in [-0.05, 0) is 58.7 Å². The molecule has 0 aliphatic carbocycles. The zero-order chi connectivity index (χ0) is 21.7. The molecule has 0 amide bonds. The van der Waals surface area contributed by atoms with Crippen LogP contribution in [0.4, 0.5) is 0 Å². The SMILES string of the molecule is COOc1cc(C(=O)O)cc(-c2ccc(-c3cc(OOC)cc(C(=O)O)c3)cc2)c1. The Labute approximate surface area is 171 Å². The van der Waals surface area contributed by atoms with Crippen LogP contribution in [-0.4, -0.2) is 36.4 Å². The minimum Gasteiger partial charge on any atom is -0.478 e. The fourth-order valence-electron chi connectivity index (χ4n) is 2.92. The molecule has 0 radical (unpaired) electrons. The highest BCUT2D eigenvalue weighted by Crippen LogP contribution is 2.31. The third-order valence-electron chi connectivity index (χ3n) is 4.22. The highest BCUT2D eigenvalue weighted by atomic mass is 17.2. The molecule has 0 saturated carbocycles. The summed E-state index contributed by atoms with van der Waals surface area (Å²) in [7, 11) is 2.66. The molecule has 3 aromatic rings. The largest absolute Gasteiger partial charge is 0.478 e. The molecule has 0 atom stereocenters. The Bertz CT molecular complexity index is 986. The summed E-state index contributed by atoms with van der Waals surface area (Å²) in [6.45, 7) is 0. The van der Waals surface area contributed by atoms with Crippen molar-refractivity contribution in [1.29, 1.82) is 0 Å². The van der Waals surface area contributed by atoms with Crippen molar-refractivity contribution in [3.8, 4) is 33.8 Å². The highest BCUT2D eigenvalue weighted by molar-refractivity contribution is 5.91. The van der Waals surface area contributed by atoms with Crippen molar-refractivity contribution in [3.63, 3.8) is 0 Å². The van der Waals surface area contributed by atoms with Crippen LogP contribution in [0.2, 0.25) is 0 Å². The van der Waals surface area contributed by atoms with Gasteiger partial charge in [-0.2, -0.15) is 9.78 Å².